The predicted octanol–water partition coefficient (Wildman–Crippen LogP) is 6.45. The van der Waals surface area contributed by atoms with Gasteiger partial charge in [0.15, 0.2) is 0 Å². The summed E-state index contributed by atoms with van der Waals surface area (Å²) in [5.41, 5.74) is 0. The summed E-state index contributed by atoms with van der Waals surface area (Å²) in [6.07, 6.45) is 14.7. The Labute approximate surface area is 184 Å². The molecule has 0 heterocycles. The fourth-order valence-corrected chi connectivity index (χ4v) is 2.58. The van der Waals surface area contributed by atoms with Gasteiger partial charge in [-0.25, -0.2) is 0 Å². The van der Waals surface area contributed by atoms with Gasteiger partial charge in [-0.3, -0.25) is 14.4 Å². The standard InChI is InChI=1S/C14H26O4.C10H20O2/c1-3-5-11-17-13(15)9-7-8-10-14(16)18-12-6-4-2;1-2-3-4-5-6-7-8-9-10(11)12/h3-12H2,1-2H3;2-9H2,1H3,(H,11,12). The lowest BCUT2D eigenvalue weighted by Gasteiger charge is -2.04. The number of hydrogen-bond donors (Lipinski definition) is 1. The molecule has 6 nitrogen and oxygen atoms in total. The number of carboxylic acids is 1. The fourth-order valence-electron chi connectivity index (χ4n) is 2.58. The largest absolute Gasteiger partial charge is 0.481 e. The summed E-state index contributed by atoms with van der Waals surface area (Å²) in [5, 5.41) is 8.35. The molecule has 178 valence electrons. The van der Waals surface area contributed by atoms with Gasteiger partial charge in [0.05, 0.1) is 13.2 Å². The lowest BCUT2D eigenvalue weighted by atomic mass is 10.1. The molecule has 0 bridgehead atoms. The van der Waals surface area contributed by atoms with E-state index in [9.17, 15) is 14.4 Å². The molecule has 6 heteroatoms. The quantitative estimate of drug-likeness (QED) is 0.187. The first kappa shape index (κ1) is 30.6. The second kappa shape index (κ2) is 25.4. The molecule has 0 aliphatic rings. The van der Waals surface area contributed by atoms with Crippen LogP contribution in [0.2, 0.25) is 0 Å². The molecule has 0 atom stereocenters. The van der Waals surface area contributed by atoms with E-state index >= 15 is 0 Å². The van der Waals surface area contributed by atoms with Gasteiger partial charge in [-0.2, -0.15) is 0 Å². The van der Waals surface area contributed by atoms with Crippen molar-refractivity contribution >= 4 is 17.9 Å². The van der Waals surface area contributed by atoms with Crippen molar-refractivity contribution in [2.75, 3.05) is 13.2 Å². The maximum atomic E-state index is 11.2. The number of carbonyl (C=O) groups is 3. The molecule has 0 aliphatic heterocycles. The van der Waals surface area contributed by atoms with Crippen molar-refractivity contribution in [3.8, 4) is 0 Å². The van der Waals surface area contributed by atoms with E-state index in [2.05, 4.69) is 20.8 Å². The third kappa shape index (κ3) is 28.6. The van der Waals surface area contributed by atoms with Crippen molar-refractivity contribution in [3.05, 3.63) is 0 Å². The maximum absolute atomic E-state index is 11.2. The second-order valence-electron chi connectivity index (χ2n) is 7.62. The number of aliphatic carboxylic acids is 1. The van der Waals surface area contributed by atoms with E-state index in [1.165, 1.54) is 32.1 Å². The van der Waals surface area contributed by atoms with E-state index in [-0.39, 0.29) is 11.9 Å². The Hall–Kier alpha value is -1.59. The van der Waals surface area contributed by atoms with Gasteiger partial charge in [0, 0.05) is 19.3 Å². The van der Waals surface area contributed by atoms with Crippen LogP contribution in [0.25, 0.3) is 0 Å². The number of hydrogen-bond acceptors (Lipinski definition) is 5. The molecule has 0 spiro atoms. The van der Waals surface area contributed by atoms with Crippen LogP contribution in [-0.2, 0) is 23.9 Å². The summed E-state index contributed by atoms with van der Waals surface area (Å²) in [7, 11) is 0. The molecule has 1 N–H and O–H groups in total. The summed E-state index contributed by atoms with van der Waals surface area (Å²) in [6, 6.07) is 0. The summed E-state index contributed by atoms with van der Waals surface area (Å²) in [5.74, 6) is -0.992. The van der Waals surface area contributed by atoms with Gasteiger partial charge in [-0.05, 0) is 32.1 Å². The molecule has 0 unspecified atom stereocenters. The predicted molar refractivity (Wildman–Crippen MR) is 120 cm³/mol. The van der Waals surface area contributed by atoms with Gasteiger partial charge in [-0.15, -0.1) is 0 Å². The Bertz CT molecular complexity index is 385. The molecule has 0 saturated carbocycles. The van der Waals surface area contributed by atoms with Gasteiger partial charge in [0.1, 0.15) is 0 Å². The van der Waals surface area contributed by atoms with E-state index in [0.717, 1.165) is 38.5 Å². The summed E-state index contributed by atoms with van der Waals surface area (Å²) in [6.45, 7) is 7.32. The van der Waals surface area contributed by atoms with Crippen molar-refractivity contribution in [2.45, 2.75) is 124 Å². The normalized spacial score (nSPS) is 10.1. The van der Waals surface area contributed by atoms with Gasteiger partial charge < -0.3 is 14.6 Å². The van der Waals surface area contributed by atoms with Crippen molar-refractivity contribution in [1.82, 2.24) is 0 Å². The third-order valence-corrected chi connectivity index (χ3v) is 4.53. The molecular formula is C24H46O6. The Morgan fingerprint density at radius 3 is 1.30 bits per heavy atom. The molecule has 0 aromatic rings. The highest BCUT2D eigenvalue weighted by molar-refractivity contribution is 5.70. The topological polar surface area (TPSA) is 89.9 Å². The number of rotatable bonds is 19. The summed E-state index contributed by atoms with van der Waals surface area (Å²) < 4.78 is 10.0. The number of unbranched alkanes of at least 4 members (excludes halogenated alkanes) is 9. The number of carboxylic acid groups (broad SMARTS) is 1. The molecule has 30 heavy (non-hydrogen) atoms. The molecule has 0 aliphatic carbocycles. The minimum Gasteiger partial charge on any atom is -0.481 e. The number of esters is 2. The monoisotopic (exact) mass is 430 g/mol. The van der Waals surface area contributed by atoms with Gasteiger partial charge >= 0.3 is 17.9 Å². The summed E-state index contributed by atoms with van der Waals surface area (Å²) in [4.78, 5) is 32.6. The highest BCUT2D eigenvalue weighted by atomic mass is 16.5. The smallest absolute Gasteiger partial charge is 0.305 e. The average molecular weight is 431 g/mol. The third-order valence-electron chi connectivity index (χ3n) is 4.53. The van der Waals surface area contributed by atoms with Crippen LogP contribution in [0.3, 0.4) is 0 Å². The molecule has 0 aromatic carbocycles. The Kier molecular flexibility index (Phi) is 26.0. The van der Waals surface area contributed by atoms with E-state index in [4.69, 9.17) is 14.6 Å². The molecule has 0 amide bonds. The highest BCUT2D eigenvalue weighted by Crippen LogP contribution is 2.08. The van der Waals surface area contributed by atoms with Crippen LogP contribution in [0.15, 0.2) is 0 Å². The number of ether oxygens (including phenoxy) is 2. The first-order valence-corrected chi connectivity index (χ1v) is 12.0. The zero-order valence-corrected chi connectivity index (χ0v) is 19.7. The van der Waals surface area contributed by atoms with Crippen molar-refractivity contribution in [1.29, 1.82) is 0 Å². The van der Waals surface area contributed by atoms with E-state index in [1.807, 2.05) is 0 Å². The van der Waals surface area contributed by atoms with E-state index < -0.39 is 5.97 Å². The fraction of sp³-hybridized carbons (Fsp3) is 0.875. The van der Waals surface area contributed by atoms with Gasteiger partial charge in [0.2, 0.25) is 0 Å². The van der Waals surface area contributed by atoms with E-state index in [0.29, 0.717) is 45.3 Å². The zero-order valence-electron chi connectivity index (χ0n) is 19.7. The van der Waals surface area contributed by atoms with Crippen LogP contribution in [0, 0.1) is 0 Å². The van der Waals surface area contributed by atoms with Crippen LogP contribution in [-0.4, -0.2) is 36.2 Å². The first-order chi connectivity index (χ1) is 14.5. The minimum absolute atomic E-state index is 0.164. The Balaban J connectivity index is 0. The van der Waals surface area contributed by atoms with Crippen LogP contribution in [0.1, 0.15) is 124 Å². The SMILES string of the molecule is CCCCCCCCCC(=O)O.CCCCOC(=O)CCCCC(=O)OCCCC. The molecule has 0 saturated heterocycles. The zero-order chi connectivity index (χ0) is 22.9. The number of carbonyl (C=O) groups excluding carboxylic acids is 2. The molecule has 0 radical (unpaired) electrons. The lowest BCUT2D eigenvalue weighted by Crippen LogP contribution is -2.07. The van der Waals surface area contributed by atoms with Crippen LogP contribution >= 0.6 is 0 Å². The Morgan fingerprint density at radius 1 is 0.533 bits per heavy atom. The molecule has 0 fully saturated rings. The molecular weight excluding hydrogens is 384 g/mol. The van der Waals surface area contributed by atoms with Crippen molar-refractivity contribution < 1.29 is 29.0 Å². The highest BCUT2D eigenvalue weighted by Gasteiger charge is 2.05. The Morgan fingerprint density at radius 2 is 0.900 bits per heavy atom. The van der Waals surface area contributed by atoms with E-state index in [1.54, 1.807) is 0 Å². The van der Waals surface area contributed by atoms with Crippen molar-refractivity contribution in [3.63, 3.8) is 0 Å². The molecule has 0 aromatic heterocycles. The lowest BCUT2D eigenvalue weighted by molar-refractivity contribution is -0.146. The van der Waals surface area contributed by atoms with Crippen LogP contribution < -0.4 is 0 Å². The van der Waals surface area contributed by atoms with Crippen LogP contribution in [0.4, 0.5) is 0 Å². The van der Waals surface area contributed by atoms with Crippen LogP contribution in [0.5, 0.6) is 0 Å². The van der Waals surface area contributed by atoms with Crippen molar-refractivity contribution in [2.24, 2.45) is 0 Å². The minimum atomic E-state index is -0.663. The average Bonchev–Trinajstić information content (AvgIpc) is 2.71. The molecule has 0 rings (SSSR count). The second-order valence-corrected chi connectivity index (χ2v) is 7.62. The van der Waals surface area contributed by atoms with Gasteiger partial charge in [0.25, 0.3) is 0 Å². The summed E-state index contributed by atoms with van der Waals surface area (Å²) >= 11 is 0. The van der Waals surface area contributed by atoms with Gasteiger partial charge in [-0.1, -0.05) is 72.1 Å². The maximum Gasteiger partial charge on any atom is 0.305 e. The first-order valence-electron chi connectivity index (χ1n) is 12.0.